The fourth-order valence-electron chi connectivity index (χ4n) is 2.67. The van der Waals surface area contributed by atoms with E-state index < -0.39 is 46.8 Å². The van der Waals surface area contributed by atoms with Gasteiger partial charge in [-0.05, 0) is 49.2 Å². The highest BCUT2D eigenvalue weighted by Gasteiger charge is 2.32. The molecule has 1 fully saturated rings. The van der Waals surface area contributed by atoms with E-state index >= 15 is 0 Å². The summed E-state index contributed by atoms with van der Waals surface area (Å²) in [6, 6.07) is 4.80. The Morgan fingerprint density at radius 1 is 1.27 bits per heavy atom. The summed E-state index contributed by atoms with van der Waals surface area (Å²) in [6.07, 6.45) is 1.78. The molecule has 0 spiro atoms. The van der Waals surface area contributed by atoms with Gasteiger partial charge in [0.2, 0.25) is 5.91 Å². The molecule has 10 heteroatoms. The molecule has 6 nitrogen and oxygen atoms in total. The number of hydrogen-bond acceptors (Lipinski definition) is 4. The van der Waals surface area contributed by atoms with Crippen molar-refractivity contribution in [1.82, 2.24) is 4.90 Å². The molecule has 0 aromatic heterocycles. The average Bonchev–Trinajstić information content (AvgIpc) is 2.59. The smallest absolute Gasteiger partial charge is 0.442 e. The van der Waals surface area contributed by atoms with Crippen LogP contribution in [0.3, 0.4) is 0 Å². The van der Waals surface area contributed by atoms with E-state index in [1.54, 1.807) is 0 Å². The van der Waals surface area contributed by atoms with Gasteiger partial charge in [0, 0.05) is 17.8 Å². The van der Waals surface area contributed by atoms with Crippen molar-refractivity contribution in [2.45, 2.75) is 30.8 Å². The van der Waals surface area contributed by atoms with Gasteiger partial charge in [-0.25, -0.2) is 4.79 Å². The van der Waals surface area contributed by atoms with Gasteiger partial charge in [0.05, 0.1) is 5.75 Å². The highest BCUT2D eigenvalue weighted by molar-refractivity contribution is 8.00. The molecule has 1 unspecified atom stereocenters. The van der Waals surface area contributed by atoms with Gasteiger partial charge in [-0.15, -0.1) is 0 Å². The van der Waals surface area contributed by atoms with Crippen molar-refractivity contribution in [2.75, 3.05) is 17.6 Å². The lowest BCUT2D eigenvalue weighted by molar-refractivity contribution is -0.143. The minimum atomic E-state index is -4.50. The van der Waals surface area contributed by atoms with Crippen LogP contribution in [0, 0.1) is 0 Å². The number of likely N-dealkylation sites (tertiary alicyclic amines) is 1. The van der Waals surface area contributed by atoms with Crippen molar-refractivity contribution in [3.05, 3.63) is 29.8 Å². The molecule has 1 atom stereocenters. The lowest BCUT2D eigenvalue weighted by Crippen LogP contribution is -2.48. The zero-order valence-corrected chi connectivity index (χ0v) is 14.4. The Hall–Kier alpha value is -2.23. The molecule has 0 radical (unpaired) electrons. The third-order valence-electron chi connectivity index (χ3n) is 3.81. The number of carboxylic acids is 1. The van der Waals surface area contributed by atoms with Crippen LogP contribution in [-0.4, -0.2) is 51.6 Å². The summed E-state index contributed by atoms with van der Waals surface area (Å²) in [5.41, 5.74) is -4.16. The molecule has 2 N–H and O–H groups in total. The van der Waals surface area contributed by atoms with Gasteiger partial charge in [-0.1, -0.05) is 6.07 Å². The number of nitrogens with zero attached hydrogens (tertiary/aromatic N) is 1. The van der Waals surface area contributed by atoms with Crippen LogP contribution < -0.4 is 5.32 Å². The maximum absolute atomic E-state index is 12.6. The van der Waals surface area contributed by atoms with Crippen molar-refractivity contribution in [1.29, 1.82) is 0 Å². The van der Waals surface area contributed by atoms with Crippen LogP contribution in [-0.2, 0) is 9.59 Å². The molecule has 1 aromatic carbocycles. The average molecular weight is 390 g/mol. The number of carboxylic acid groups (broad SMARTS) is 1. The van der Waals surface area contributed by atoms with E-state index in [0.29, 0.717) is 25.8 Å². The molecule has 1 aromatic rings. The second-order valence-corrected chi connectivity index (χ2v) is 6.75. The maximum atomic E-state index is 12.6. The number of halogens is 3. The van der Waals surface area contributed by atoms with E-state index in [-0.39, 0.29) is 11.3 Å². The van der Waals surface area contributed by atoms with Crippen LogP contribution in [0.25, 0.3) is 0 Å². The minimum Gasteiger partial charge on any atom is -0.480 e. The van der Waals surface area contributed by atoms with Gasteiger partial charge in [0.1, 0.15) is 6.04 Å². The number of benzene rings is 1. The number of nitrogens with one attached hydrogen (secondary N) is 1. The van der Waals surface area contributed by atoms with Crippen molar-refractivity contribution in [3.63, 3.8) is 0 Å². The van der Waals surface area contributed by atoms with Gasteiger partial charge in [-0.2, -0.15) is 13.2 Å². The highest BCUT2D eigenvalue weighted by Crippen LogP contribution is 2.30. The molecule has 142 valence electrons. The van der Waals surface area contributed by atoms with Crippen LogP contribution in [0.4, 0.5) is 18.9 Å². The minimum absolute atomic E-state index is 0.166. The number of hydrogen-bond donors (Lipinski definition) is 2. The molecule has 2 rings (SSSR count). The fraction of sp³-hybridized carbons (Fsp3) is 0.438. The second-order valence-electron chi connectivity index (χ2n) is 5.71. The summed E-state index contributed by atoms with van der Waals surface area (Å²) in [4.78, 5) is 36.8. The zero-order chi connectivity index (χ0) is 19.3. The molecule has 1 heterocycles. The molecule has 0 saturated carbocycles. The zero-order valence-electron chi connectivity index (χ0n) is 13.6. The summed E-state index contributed by atoms with van der Waals surface area (Å²) in [6.45, 7) is 0.314. The van der Waals surface area contributed by atoms with Crippen molar-refractivity contribution in [3.8, 4) is 0 Å². The normalized spacial score (nSPS) is 17.7. The molecule has 1 saturated heterocycles. The van der Waals surface area contributed by atoms with Crippen molar-refractivity contribution < 1.29 is 32.7 Å². The van der Waals surface area contributed by atoms with E-state index in [4.69, 9.17) is 0 Å². The summed E-state index contributed by atoms with van der Waals surface area (Å²) < 4.78 is 36.4. The largest absolute Gasteiger partial charge is 0.480 e. The van der Waals surface area contributed by atoms with E-state index in [0.717, 1.165) is 0 Å². The Kier molecular flexibility index (Phi) is 6.52. The molecule has 0 bridgehead atoms. The number of amides is 2. The number of piperidine rings is 1. The summed E-state index contributed by atoms with van der Waals surface area (Å²) in [5, 5.41) is 11.6. The molecule has 26 heavy (non-hydrogen) atoms. The first kappa shape index (κ1) is 20.1. The van der Waals surface area contributed by atoms with Crippen LogP contribution >= 0.6 is 11.8 Å². The second kappa shape index (κ2) is 8.43. The Balaban J connectivity index is 2.06. The van der Waals surface area contributed by atoms with E-state index in [1.807, 2.05) is 0 Å². The van der Waals surface area contributed by atoms with Crippen LogP contribution in [0.2, 0.25) is 0 Å². The number of anilines is 1. The first-order chi connectivity index (χ1) is 12.2. The van der Waals surface area contributed by atoms with Gasteiger partial charge in [0.15, 0.2) is 0 Å². The predicted octanol–water partition coefficient (Wildman–Crippen LogP) is 2.96. The van der Waals surface area contributed by atoms with Gasteiger partial charge < -0.3 is 15.3 Å². The molecule has 1 aliphatic rings. The number of carbonyl (C=O) groups excluding carboxylic acids is 2. The third kappa shape index (κ3) is 5.65. The van der Waals surface area contributed by atoms with E-state index in [9.17, 15) is 32.7 Å². The Morgan fingerprint density at radius 2 is 2.00 bits per heavy atom. The Bertz CT molecular complexity index is 696. The molecule has 0 aliphatic carbocycles. The topological polar surface area (TPSA) is 86.7 Å². The first-order valence-electron chi connectivity index (χ1n) is 7.82. The van der Waals surface area contributed by atoms with Crippen LogP contribution in [0.15, 0.2) is 24.3 Å². The van der Waals surface area contributed by atoms with Crippen molar-refractivity contribution in [2.24, 2.45) is 0 Å². The lowest BCUT2D eigenvalue weighted by atomic mass is 10.0. The van der Waals surface area contributed by atoms with Gasteiger partial charge >= 0.3 is 11.5 Å². The van der Waals surface area contributed by atoms with E-state index in [2.05, 4.69) is 5.32 Å². The predicted molar refractivity (Wildman–Crippen MR) is 89.9 cm³/mol. The van der Waals surface area contributed by atoms with Gasteiger partial charge in [-0.3, -0.25) is 9.59 Å². The maximum Gasteiger partial charge on any atom is 0.442 e. The summed E-state index contributed by atoms with van der Waals surface area (Å²) in [5.74, 6) is -3.21. The quantitative estimate of drug-likeness (QED) is 0.807. The van der Waals surface area contributed by atoms with Crippen molar-refractivity contribution >= 4 is 35.2 Å². The Labute approximate surface area is 151 Å². The first-order valence-corrected chi connectivity index (χ1v) is 8.80. The number of carbonyl (C=O) groups is 3. The number of alkyl halides is 3. The molecular weight excluding hydrogens is 373 g/mol. The number of aliphatic carboxylic acids is 1. The number of rotatable bonds is 5. The SMILES string of the molecule is O=C(CSC(F)(F)F)Nc1cccc(C(=O)N2CCCCC2C(=O)O)c1. The van der Waals surface area contributed by atoms with Gasteiger partial charge in [0.25, 0.3) is 5.91 Å². The van der Waals surface area contributed by atoms with Crippen LogP contribution in [0.1, 0.15) is 29.6 Å². The summed E-state index contributed by atoms with van der Waals surface area (Å²) >= 11 is -0.455. The summed E-state index contributed by atoms with van der Waals surface area (Å²) in [7, 11) is 0. The van der Waals surface area contributed by atoms with E-state index in [1.165, 1.54) is 29.2 Å². The highest BCUT2D eigenvalue weighted by atomic mass is 32.2. The molecular formula is C16H17F3N2O4S. The standard InChI is InChI=1S/C16H17F3N2O4S/c17-16(18,19)26-9-13(22)20-11-5-3-4-10(8-11)14(23)21-7-2-1-6-12(21)15(24)25/h3-5,8,12H,1-2,6-7,9H2,(H,20,22)(H,24,25). The fourth-order valence-corrected chi connectivity index (χ4v) is 3.04. The third-order valence-corrected chi connectivity index (χ3v) is 4.54. The monoisotopic (exact) mass is 390 g/mol. The lowest BCUT2D eigenvalue weighted by Gasteiger charge is -2.33. The molecule has 2 amide bonds. The molecule has 1 aliphatic heterocycles. The number of thioether (sulfide) groups is 1. The van der Waals surface area contributed by atoms with Crippen LogP contribution in [0.5, 0.6) is 0 Å². The Morgan fingerprint density at radius 3 is 2.65 bits per heavy atom.